The molecule has 0 rings (SSSR count). The molecule has 100 valence electrons. The van der Waals surface area contributed by atoms with Crippen LogP contribution in [-0.4, -0.2) is 41.5 Å². The smallest absolute Gasteiger partial charge is 0.222 e. The lowest BCUT2D eigenvalue weighted by Gasteiger charge is -2.27. The minimum Gasteiger partial charge on any atom is -0.395 e. The van der Waals surface area contributed by atoms with E-state index in [1.165, 1.54) is 0 Å². The first-order valence-electron chi connectivity index (χ1n) is 5.98. The van der Waals surface area contributed by atoms with Gasteiger partial charge in [0, 0.05) is 24.9 Å². The Hall–Kier alpha value is -0.940. The second-order valence-electron chi connectivity index (χ2n) is 5.04. The Bertz CT molecular complexity index is 259. The van der Waals surface area contributed by atoms with E-state index in [1.54, 1.807) is 6.92 Å². The van der Waals surface area contributed by atoms with Gasteiger partial charge < -0.3 is 15.7 Å². The first kappa shape index (κ1) is 16.1. The Kier molecular flexibility index (Phi) is 6.99. The summed E-state index contributed by atoms with van der Waals surface area (Å²) in [4.78, 5) is 23.2. The molecule has 17 heavy (non-hydrogen) atoms. The van der Waals surface area contributed by atoms with Gasteiger partial charge in [0.1, 0.15) is 5.78 Å². The highest BCUT2D eigenvalue weighted by Gasteiger charge is 2.24. The predicted molar refractivity (Wildman–Crippen MR) is 66.7 cm³/mol. The first-order chi connectivity index (χ1) is 7.80. The van der Waals surface area contributed by atoms with Crippen molar-refractivity contribution in [1.29, 1.82) is 0 Å². The summed E-state index contributed by atoms with van der Waals surface area (Å²) in [5.74, 6) is -0.193. The molecule has 5 heteroatoms. The van der Waals surface area contributed by atoms with E-state index in [0.717, 1.165) is 0 Å². The van der Waals surface area contributed by atoms with Gasteiger partial charge in [-0.1, -0.05) is 6.92 Å². The van der Waals surface area contributed by atoms with Gasteiger partial charge in [0.15, 0.2) is 0 Å². The summed E-state index contributed by atoms with van der Waals surface area (Å²) in [6, 6.07) is -0.460. The van der Waals surface area contributed by atoms with Crippen molar-refractivity contribution in [2.45, 2.75) is 52.1 Å². The minimum atomic E-state index is -0.460. The maximum Gasteiger partial charge on any atom is 0.222 e. The number of aliphatic hydroxyl groups excluding tert-OH is 1. The van der Waals surface area contributed by atoms with Crippen molar-refractivity contribution in [2.75, 3.05) is 13.2 Å². The highest BCUT2D eigenvalue weighted by molar-refractivity contribution is 5.89. The SMILES string of the molecule is CCC(=O)C(CC(=O)NCCO)NC(C)(C)C. The molecular formula is C12H24N2O3. The van der Waals surface area contributed by atoms with Crippen LogP contribution in [0.15, 0.2) is 0 Å². The molecule has 5 nitrogen and oxygen atoms in total. The molecule has 0 spiro atoms. The van der Waals surface area contributed by atoms with Crippen LogP contribution in [0.5, 0.6) is 0 Å². The normalized spacial score (nSPS) is 13.2. The fourth-order valence-electron chi connectivity index (χ4n) is 1.47. The number of Topliss-reactive ketones (excluding diaryl/α,β-unsaturated/α-hetero) is 1. The van der Waals surface area contributed by atoms with Gasteiger partial charge >= 0.3 is 0 Å². The van der Waals surface area contributed by atoms with E-state index in [2.05, 4.69) is 10.6 Å². The Morgan fingerprint density at radius 2 is 1.88 bits per heavy atom. The summed E-state index contributed by atoms with van der Waals surface area (Å²) in [6.45, 7) is 7.77. The molecule has 0 saturated carbocycles. The second-order valence-corrected chi connectivity index (χ2v) is 5.04. The van der Waals surface area contributed by atoms with Crippen LogP contribution in [0.3, 0.4) is 0 Å². The molecule has 0 radical (unpaired) electrons. The molecule has 0 fully saturated rings. The highest BCUT2D eigenvalue weighted by Crippen LogP contribution is 2.06. The van der Waals surface area contributed by atoms with Crippen molar-refractivity contribution in [3.63, 3.8) is 0 Å². The van der Waals surface area contributed by atoms with E-state index in [9.17, 15) is 9.59 Å². The van der Waals surface area contributed by atoms with E-state index < -0.39 is 6.04 Å². The Morgan fingerprint density at radius 1 is 1.29 bits per heavy atom. The number of amides is 1. The number of hydrogen-bond donors (Lipinski definition) is 3. The Labute approximate surface area is 103 Å². The van der Waals surface area contributed by atoms with Gasteiger partial charge in [-0.3, -0.25) is 9.59 Å². The number of rotatable bonds is 7. The molecule has 0 aliphatic rings. The van der Waals surface area contributed by atoms with Crippen LogP contribution >= 0.6 is 0 Å². The number of carbonyl (C=O) groups is 2. The molecule has 1 amide bonds. The average molecular weight is 244 g/mol. The van der Waals surface area contributed by atoms with Gasteiger partial charge in [-0.25, -0.2) is 0 Å². The maximum absolute atomic E-state index is 11.7. The predicted octanol–water partition coefficient (Wildman–Crippen LogP) is 0.221. The topological polar surface area (TPSA) is 78.4 Å². The van der Waals surface area contributed by atoms with Crippen molar-refractivity contribution in [2.24, 2.45) is 0 Å². The summed E-state index contributed by atoms with van der Waals surface area (Å²) in [6.07, 6.45) is 0.519. The lowest BCUT2D eigenvalue weighted by Crippen LogP contribution is -2.49. The molecular weight excluding hydrogens is 220 g/mol. The van der Waals surface area contributed by atoms with E-state index >= 15 is 0 Å². The summed E-state index contributed by atoms with van der Waals surface area (Å²) in [7, 11) is 0. The molecule has 0 aromatic rings. The molecule has 0 bridgehead atoms. The van der Waals surface area contributed by atoms with E-state index in [4.69, 9.17) is 5.11 Å². The van der Waals surface area contributed by atoms with Gasteiger partial charge in [0.05, 0.1) is 12.6 Å². The van der Waals surface area contributed by atoms with Crippen molar-refractivity contribution in [3.8, 4) is 0 Å². The van der Waals surface area contributed by atoms with Gasteiger partial charge in [-0.2, -0.15) is 0 Å². The van der Waals surface area contributed by atoms with Crippen LogP contribution in [0.25, 0.3) is 0 Å². The molecule has 0 heterocycles. The van der Waals surface area contributed by atoms with Crippen molar-refractivity contribution in [3.05, 3.63) is 0 Å². The molecule has 0 aliphatic heterocycles. The van der Waals surface area contributed by atoms with Crippen LogP contribution in [0.2, 0.25) is 0 Å². The lowest BCUT2D eigenvalue weighted by atomic mass is 10.0. The third kappa shape index (κ3) is 7.88. The molecule has 1 unspecified atom stereocenters. The zero-order valence-electron chi connectivity index (χ0n) is 11.2. The molecule has 0 saturated heterocycles. The standard InChI is InChI=1S/C12H24N2O3/c1-5-10(16)9(14-12(2,3)4)8-11(17)13-6-7-15/h9,14-15H,5-8H2,1-4H3,(H,13,17). The van der Waals surface area contributed by atoms with Gasteiger partial charge in [0.2, 0.25) is 5.91 Å². The van der Waals surface area contributed by atoms with E-state index in [-0.39, 0.29) is 36.8 Å². The maximum atomic E-state index is 11.7. The van der Waals surface area contributed by atoms with Crippen LogP contribution in [-0.2, 0) is 9.59 Å². The van der Waals surface area contributed by atoms with Crippen LogP contribution < -0.4 is 10.6 Å². The third-order valence-electron chi connectivity index (χ3n) is 2.17. The molecule has 0 aliphatic carbocycles. The lowest BCUT2D eigenvalue weighted by molar-refractivity contribution is -0.127. The number of aliphatic hydroxyl groups is 1. The highest BCUT2D eigenvalue weighted by atomic mass is 16.3. The Morgan fingerprint density at radius 3 is 2.29 bits per heavy atom. The largest absolute Gasteiger partial charge is 0.395 e. The summed E-state index contributed by atoms with van der Waals surface area (Å²) in [5, 5.41) is 14.3. The average Bonchev–Trinajstić information content (AvgIpc) is 2.22. The van der Waals surface area contributed by atoms with Crippen molar-refractivity contribution >= 4 is 11.7 Å². The first-order valence-corrected chi connectivity index (χ1v) is 5.98. The summed E-state index contributed by atoms with van der Waals surface area (Å²) in [5.41, 5.74) is -0.216. The number of hydrogen-bond acceptors (Lipinski definition) is 4. The fourth-order valence-corrected chi connectivity index (χ4v) is 1.47. The third-order valence-corrected chi connectivity index (χ3v) is 2.17. The van der Waals surface area contributed by atoms with Crippen molar-refractivity contribution < 1.29 is 14.7 Å². The molecule has 0 aromatic carbocycles. The van der Waals surface area contributed by atoms with Crippen LogP contribution in [0.1, 0.15) is 40.5 Å². The van der Waals surface area contributed by atoms with Gasteiger partial charge in [-0.15, -0.1) is 0 Å². The summed E-state index contributed by atoms with van der Waals surface area (Å²) >= 11 is 0. The second kappa shape index (κ2) is 7.40. The van der Waals surface area contributed by atoms with Crippen LogP contribution in [0.4, 0.5) is 0 Å². The Balaban J connectivity index is 4.39. The minimum absolute atomic E-state index is 0.0269. The molecule has 1 atom stereocenters. The van der Waals surface area contributed by atoms with Gasteiger partial charge in [-0.05, 0) is 20.8 Å². The number of carbonyl (C=O) groups excluding carboxylic acids is 2. The van der Waals surface area contributed by atoms with Gasteiger partial charge in [0.25, 0.3) is 0 Å². The number of ketones is 1. The fraction of sp³-hybridized carbons (Fsp3) is 0.833. The van der Waals surface area contributed by atoms with Crippen molar-refractivity contribution in [1.82, 2.24) is 10.6 Å². The van der Waals surface area contributed by atoms with E-state index in [0.29, 0.717) is 6.42 Å². The molecule has 3 N–H and O–H groups in total. The molecule has 0 aromatic heterocycles. The van der Waals surface area contributed by atoms with E-state index in [1.807, 2.05) is 20.8 Å². The van der Waals surface area contributed by atoms with Crippen LogP contribution in [0, 0.1) is 0 Å². The zero-order valence-corrected chi connectivity index (χ0v) is 11.2. The number of nitrogens with one attached hydrogen (secondary N) is 2. The quantitative estimate of drug-likeness (QED) is 0.598. The zero-order chi connectivity index (χ0) is 13.5. The monoisotopic (exact) mass is 244 g/mol. The summed E-state index contributed by atoms with van der Waals surface area (Å²) < 4.78 is 0.